The second-order valence-corrected chi connectivity index (χ2v) is 10.2. The molecule has 0 aliphatic carbocycles. The number of carbonyl (C=O) groups excluding carboxylic acids is 2. The van der Waals surface area contributed by atoms with Crippen molar-refractivity contribution in [1.82, 2.24) is 20.8 Å². The molecule has 0 saturated heterocycles. The third-order valence-electron chi connectivity index (χ3n) is 4.16. The lowest BCUT2D eigenvalue weighted by Gasteiger charge is -2.04. The molecule has 1 heterocycles. The molecule has 0 unspecified atom stereocenters. The highest BCUT2D eigenvalue weighted by Gasteiger charge is 2.09. The summed E-state index contributed by atoms with van der Waals surface area (Å²) in [7, 11) is 0. The Hall–Kier alpha value is -2.36. The summed E-state index contributed by atoms with van der Waals surface area (Å²) >= 11 is 4.55. The third-order valence-corrected chi connectivity index (χ3v) is 7.36. The van der Waals surface area contributed by atoms with Crippen LogP contribution in [0.3, 0.4) is 0 Å². The molecule has 6 nitrogen and oxygen atoms in total. The molecule has 0 aliphatic heterocycles. The number of thioether (sulfide) groups is 2. The summed E-state index contributed by atoms with van der Waals surface area (Å²) in [6.45, 7) is 1.09. The van der Waals surface area contributed by atoms with Gasteiger partial charge in [-0.05, 0) is 11.1 Å². The van der Waals surface area contributed by atoms with Crippen LogP contribution in [0.5, 0.6) is 0 Å². The van der Waals surface area contributed by atoms with E-state index >= 15 is 0 Å². The van der Waals surface area contributed by atoms with Crippen LogP contribution >= 0.6 is 34.9 Å². The fourth-order valence-electron chi connectivity index (χ4n) is 2.55. The maximum atomic E-state index is 12.0. The standard InChI is InChI=1S/C22H24N4O2S3/c27-19(23-15-17-7-3-1-4-8-17)11-13-29-21-25-26-22(31-21)30-14-12-20(28)24-16-18-9-5-2-6-10-18/h1-10H,11-16H2,(H,23,27)(H,24,28). The van der Waals surface area contributed by atoms with Crippen LogP contribution in [0.2, 0.25) is 0 Å². The maximum absolute atomic E-state index is 12.0. The second-order valence-electron chi connectivity index (χ2n) is 6.56. The SMILES string of the molecule is O=C(CCSc1nnc(SCCC(=O)NCc2ccccc2)s1)NCc1ccccc1. The predicted molar refractivity (Wildman–Crippen MR) is 127 cm³/mol. The first-order valence-electron chi connectivity index (χ1n) is 9.89. The number of aromatic nitrogens is 2. The molecular weight excluding hydrogens is 448 g/mol. The Kier molecular flexibility index (Phi) is 9.88. The topological polar surface area (TPSA) is 84.0 Å². The molecule has 1 aromatic heterocycles. The summed E-state index contributed by atoms with van der Waals surface area (Å²) in [6, 6.07) is 19.7. The molecule has 0 saturated carbocycles. The molecule has 3 aromatic rings. The second kappa shape index (κ2) is 13.1. The van der Waals surface area contributed by atoms with Crippen LogP contribution < -0.4 is 10.6 Å². The first-order chi connectivity index (χ1) is 15.2. The van der Waals surface area contributed by atoms with Crippen molar-refractivity contribution < 1.29 is 9.59 Å². The van der Waals surface area contributed by atoms with E-state index in [2.05, 4.69) is 20.8 Å². The van der Waals surface area contributed by atoms with Gasteiger partial charge in [0.25, 0.3) is 0 Å². The van der Waals surface area contributed by atoms with Gasteiger partial charge in [-0.15, -0.1) is 10.2 Å². The summed E-state index contributed by atoms with van der Waals surface area (Å²) in [5.74, 6) is 1.36. The monoisotopic (exact) mass is 472 g/mol. The summed E-state index contributed by atoms with van der Waals surface area (Å²) in [5, 5.41) is 14.2. The van der Waals surface area contributed by atoms with Crippen molar-refractivity contribution in [2.45, 2.75) is 34.6 Å². The van der Waals surface area contributed by atoms with Gasteiger partial charge in [0.2, 0.25) is 11.8 Å². The zero-order valence-corrected chi connectivity index (χ0v) is 19.4. The first-order valence-corrected chi connectivity index (χ1v) is 12.7. The summed E-state index contributed by atoms with van der Waals surface area (Å²) < 4.78 is 1.68. The van der Waals surface area contributed by atoms with Crippen LogP contribution in [-0.4, -0.2) is 33.5 Å². The Morgan fingerprint density at radius 3 is 1.55 bits per heavy atom. The highest BCUT2D eigenvalue weighted by Crippen LogP contribution is 2.29. The van der Waals surface area contributed by atoms with Gasteiger partial charge in [-0.3, -0.25) is 9.59 Å². The lowest BCUT2D eigenvalue weighted by molar-refractivity contribution is -0.121. The molecule has 2 amide bonds. The van der Waals surface area contributed by atoms with Crippen LogP contribution in [0, 0.1) is 0 Å². The average molecular weight is 473 g/mol. The highest BCUT2D eigenvalue weighted by atomic mass is 32.2. The zero-order valence-electron chi connectivity index (χ0n) is 17.0. The minimum absolute atomic E-state index is 0.0250. The minimum atomic E-state index is 0.0250. The zero-order chi connectivity index (χ0) is 21.7. The molecule has 2 N–H and O–H groups in total. The van der Waals surface area contributed by atoms with E-state index in [1.54, 1.807) is 0 Å². The van der Waals surface area contributed by atoms with Gasteiger partial charge in [0, 0.05) is 37.4 Å². The van der Waals surface area contributed by atoms with Crippen LogP contribution in [0.25, 0.3) is 0 Å². The number of rotatable bonds is 12. The van der Waals surface area contributed by atoms with Crippen molar-refractivity contribution in [3.05, 3.63) is 71.8 Å². The smallest absolute Gasteiger partial charge is 0.221 e. The molecule has 2 aromatic carbocycles. The number of carbonyl (C=O) groups is 2. The number of nitrogens with zero attached hydrogens (tertiary/aromatic N) is 2. The molecule has 31 heavy (non-hydrogen) atoms. The normalized spacial score (nSPS) is 10.6. The van der Waals surface area contributed by atoms with Gasteiger partial charge in [-0.2, -0.15) is 0 Å². The number of nitrogens with one attached hydrogen (secondary N) is 2. The van der Waals surface area contributed by atoms with Crippen LogP contribution in [0.15, 0.2) is 69.3 Å². The number of amides is 2. The summed E-state index contributed by atoms with van der Waals surface area (Å²) in [5.41, 5.74) is 2.17. The average Bonchev–Trinajstić information content (AvgIpc) is 3.25. The molecular formula is C22H24N4O2S3. The number of hydrogen-bond donors (Lipinski definition) is 2. The van der Waals surface area contributed by atoms with E-state index in [4.69, 9.17) is 0 Å². The molecule has 0 fully saturated rings. The largest absolute Gasteiger partial charge is 0.352 e. The molecule has 0 spiro atoms. The quantitative estimate of drug-likeness (QED) is 0.386. The molecule has 0 atom stereocenters. The van der Waals surface area contributed by atoms with E-state index in [9.17, 15) is 9.59 Å². The Morgan fingerprint density at radius 2 is 1.13 bits per heavy atom. The summed E-state index contributed by atoms with van der Waals surface area (Å²) in [4.78, 5) is 23.9. The van der Waals surface area contributed by atoms with E-state index in [0.717, 1.165) is 19.8 Å². The third kappa shape index (κ3) is 9.12. The van der Waals surface area contributed by atoms with E-state index in [1.165, 1.54) is 34.9 Å². The maximum Gasteiger partial charge on any atom is 0.221 e. The van der Waals surface area contributed by atoms with Gasteiger partial charge in [0.1, 0.15) is 0 Å². The van der Waals surface area contributed by atoms with Gasteiger partial charge < -0.3 is 10.6 Å². The van der Waals surface area contributed by atoms with Crippen molar-refractivity contribution in [3.8, 4) is 0 Å². The van der Waals surface area contributed by atoms with Crippen molar-refractivity contribution in [1.29, 1.82) is 0 Å². The van der Waals surface area contributed by atoms with E-state index in [0.29, 0.717) is 37.4 Å². The molecule has 0 radical (unpaired) electrons. The van der Waals surface area contributed by atoms with Gasteiger partial charge in [-0.25, -0.2) is 0 Å². The van der Waals surface area contributed by atoms with E-state index in [1.807, 2.05) is 60.7 Å². The first kappa shape index (κ1) is 23.3. The van der Waals surface area contributed by atoms with Gasteiger partial charge in [0.05, 0.1) is 0 Å². The van der Waals surface area contributed by atoms with Crippen LogP contribution in [-0.2, 0) is 22.7 Å². The molecule has 9 heteroatoms. The molecule has 3 rings (SSSR count). The van der Waals surface area contributed by atoms with Crippen LogP contribution in [0.1, 0.15) is 24.0 Å². The van der Waals surface area contributed by atoms with Crippen molar-refractivity contribution in [2.24, 2.45) is 0 Å². The fraction of sp³-hybridized carbons (Fsp3) is 0.273. The van der Waals surface area contributed by atoms with Gasteiger partial charge in [-0.1, -0.05) is 95.5 Å². The van der Waals surface area contributed by atoms with Crippen molar-refractivity contribution in [3.63, 3.8) is 0 Å². The van der Waals surface area contributed by atoms with Crippen LogP contribution in [0.4, 0.5) is 0 Å². The minimum Gasteiger partial charge on any atom is -0.352 e. The van der Waals surface area contributed by atoms with Gasteiger partial charge >= 0.3 is 0 Å². The lowest BCUT2D eigenvalue weighted by atomic mass is 10.2. The van der Waals surface area contributed by atoms with E-state index in [-0.39, 0.29) is 11.8 Å². The predicted octanol–water partition coefficient (Wildman–Crippen LogP) is 4.14. The molecule has 162 valence electrons. The fourth-order valence-corrected chi connectivity index (χ4v) is 5.58. The number of benzene rings is 2. The van der Waals surface area contributed by atoms with Gasteiger partial charge in [0.15, 0.2) is 8.68 Å². The van der Waals surface area contributed by atoms with Crippen molar-refractivity contribution in [2.75, 3.05) is 11.5 Å². The number of hydrogen-bond acceptors (Lipinski definition) is 7. The summed E-state index contributed by atoms with van der Waals surface area (Å²) in [6.07, 6.45) is 0.863. The van der Waals surface area contributed by atoms with Crippen molar-refractivity contribution >= 4 is 46.7 Å². The Morgan fingerprint density at radius 1 is 0.710 bits per heavy atom. The molecule has 0 bridgehead atoms. The highest BCUT2D eigenvalue weighted by molar-refractivity contribution is 8.03. The Bertz CT molecular complexity index is 876. The lowest BCUT2D eigenvalue weighted by Crippen LogP contribution is -2.22. The Balaban J connectivity index is 1.26. The Labute approximate surface area is 194 Å². The van der Waals surface area contributed by atoms with E-state index < -0.39 is 0 Å². The molecule has 0 aliphatic rings.